The van der Waals surface area contributed by atoms with E-state index in [9.17, 15) is 4.79 Å². The molecular weight excluding hydrogens is 367 g/mol. The Morgan fingerprint density at radius 1 is 1.42 bits per heavy atom. The lowest BCUT2D eigenvalue weighted by atomic mass is 9.85. The third-order valence-electron chi connectivity index (χ3n) is 4.61. The average molecular weight is 394 g/mol. The van der Waals surface area contributed by atoms with Crippen molar-refractivity contribution in [2.24, 2.45) is 11.8 Å². The van der Waals surface area contributed by atoms with Crippen molar-refractivity contribution in [1.82, 2.24) is 10.6 Å². The Kier molecular flexibility index (Phi) is 10.1. The quantitative estimate of drug-likeness (QED) is 0.670. The number of piperidine rings is 1. The van der Waals surface area contributed by atoms with Crippen LogP contribution >= 0.6 is 35.6 Å². The topological polar surface area (TPSA) is 41.1 Å². The van der Waals surface area contributed by atoms with E-state index in [2.05, 4.69) is 17.6 Å². The SMILES string of the molecule is CC(CC(=O)NCCCc1ccc(Cl)cc1Cl)C1CCCNC1.Cl. The molecule has 1 fully saturated rings. The third-order valence-corrected chi connectivity index (χ3v) is 5.19. The third kappa shape index (κ3) is 7.18. The van der Waals surface area contributed by atoms with Crippen LogP contribution in [0.5, 0.6) is 0 Å². The summed E-state index contributed by atoms with van der Waals surface area (Å²) in [7, 11) is 0. The van der Waals surface area contributed by atoms with Gasteiger partial charge in [0.2, 0.25) is 5.91 Å². The van der Waals surface area contributed by atoms with Gasteiger partial charge in [0.1, 0.15) is 0 Å². The fourth-order valence-electron chi connectivity index (χ4n) is 3.13. The van der Waals surface area contributed by atoms with Gasteiger partial charge in [0.25, 0.3) is 0 Å². The van der Waals surface area contributed by atoms with E-state index in [0.717, 1.165) is 31.5 Å². The maximum atomic E-state index is 12.0. The Morgan fingerprint density at radius 2 is 2.21 bits per heavy atom. The van der Waals surface area contributed by atoms with Crippen molar-refractivity contribution in [3.05, 3.63) is 33.8 Å². The number of rotatable bonds is 7. The first kappa shape index (κ1) is 21.6. The van der Waals surface area contributed by atoms with E-state index < -0.39 is 0 Å². The molecule has 1 aromatic rings. The Balaban J connectivity index is 0.00000288. The summed E-state index contributed by atoms with van der Waals surface area (Å²) in [6.45, 7) is 5.03. The number of hydrogen-bond acceptors (Lipinski definition) is 2. The Morgan fingerprint density at radius 3 is 2.88 bits per heavy atom. The molecule has 1 amide bonds. The summed E-state index contributed by atoms with van der Waals surface area (Å²) >= 11 is 12.0. The fraction of sp³-hybridized carbons (Fsp3) is 0.611. The van der Waals surface area contributed by atoms with Crippen LogP contribution in [0.15, 0.2) is 18.2 Å². The summed E-state index contributed by atoms with van der Waals surface area (Å²) < 4.78 is 0. The minimum Gasteiger partial charge on any atom is -0.356 e. The van der Waals surface area contributed by atoms with Crippen LogP contribution in [0.3, 0.4) is 0 Å². The van der Waals surface area contributed by atoms with Gasteiger partial charge in [-0.05, 0) is 68.3 Å². The molecule has 1 saturated heterocycles. The lowest BCUT2D eigenvalue weighted by Gasteiger charge is -2.28. The molecule has 1 heterocycles. The first-order valence-electron chi connectivity index (χ1n) is 8.47. The molecule has 1 aliphatic heterocycles. The van der Waals surface area contributed by atoms with Crippen molar-refractivity contribution in [3.63, 3.8) is 0 Å². The van der Waals surface area contributed by atoms with E-state index in [0.29, 0.717) is 34.8 Å². The number of carbonyl (C=O) groups is 1. The zero-order chi connectivity index (χ0) is 16.7. The van der Waals surface area contributed by atoms with E-state index in [1.165, 1.54) is 12.8 Å². The van der Waals surface area contributed by atoms with E-state index >= 15 is 0 Å². The molecule has 0 saturated carbocycles. The Bertz CT molecular complexity index is 519. The number of carbonyl (C=O) groups excluding carboxylic acids is 1. The van der Waals surface area contributed by atoms with Gasteiger partial charge in [0.15, 0.2) is 0 Å². The summed E-state index contributed by atoms with van der Waals surface area (Å²) in [5, 5.41) is 7.79. The highest BCUT2D eigenvalue weighted by Gasteiger charge is 2.21. The van der Waals surface area contributed by atoms with Gasteiger partial charge in [0.05, 0.1) is 0 Å². The molecule has 0 bridgehead atoms. The maximum Gasteiger partial charge on any atom is 0.220 e. The van der Waals surface area contributed by atoms with Crippen LogP contribution in [0, 0.1) is 11.8 Å². The first-order chi connectivity index (χ1) is 11.1. The summed E-state index contributed by atoms with van der Waals surface area (Å²) in [5.41, 5.74) is 1.08. The number of nitrogens with one attached hydrogen (secondary N) is 2. The maximum absolute atomic E-state index is 12.0. The number of hydrogen-bond donors (Lipinski definition) is 2. The molecule has 0 radical (unpaired) electrons. The Labute approximate surface area is 161 Å². The van der Waals surface area contributed by atoms with Crippen LogP contribution in [-0.4, -0.2) is 25.5 Å². The van der Waals surface area contributed by atoms with Crippen LogP contribution in [-0.2, 0) is 11.2 Å². The van der Waals surface area contributed by atoms with Gasteiger partial charge in [-0.1, -0.05) is 36.2 Å². The van der Waals surface area contributed by atoms with Crippen LogP contribution in [0.4, 0.5) is 0 Å². The van der Waals surface area contributed by atoms with Crippen LogP contribution in [0.25, 0.3) is 0 Å². The predicted octanol–water partition coefficient (Wildman–Crippen LogP) is 4.49. The van der Waals surface area contributed by atoms with Gasteiger partial charge in [-0.15, -0.1) is 12.4 Å². The molecule has 2 N–H and O–H groups in total. The Hall–Kier alpha value is -0.480. The van der Waals surface area contributed by atoms with E-state index in [-0.39, 0.29) is 18.3 Å². The highest BCUT2D eigenvalue weighted by molar-refractivity contribution is 6.35. The highest BCUT2D eigenvalue weighted by Crippen LogP contribution is 2.23. The van der Waals surface area contributed by atoms with Crippen LogP contribution < -0.4 is 10.6 Å². The van der Waals surface area contributed by atoms with Gasteiger partial charge < -0.3 is 10.6 Å². The fourth-order valence-corrected chi connectivity index (χ4v) is 3.63. The molecule has 0 aliphatic carbocycles. The predicted molar refractivity (Wildman–Crippen MR) is 104 cm³/mol. The van der Waals surface area contributed by atoms with Crippen molar-refractivity contribution in [3.8, 4) is 0 Å². The van der Waals surface area contributed by atoms with Gasteiger partial charge in [-0.2, -0.15) is 0 Å². The smallest absolute Gasteiger partial charge is 0.220 e. The minimum atomic E-state index is 0. The summed E-state index contributed by atoms with van der Waals surface area (Å²) in [4.78, 5) is 12.0. The molecule has 3 nitrogen and oxygen atoms in total. The second-order valence-corrected chi connectivity index (χ2v) is 7.32. The second-order valence-electron chi connectivity index (χ2n) is 6.48. The normalized spacial score (nSPS) is 18.5. The largest absolute Gasteiger partial charge is 0.356 e. The van der Waals surface area contributed by atoms with Crippen LogP contribution in [0.2, 0.25) is 10.0 Å². The summed E-state index contributed by atoms with van der Waals surface area (Å²) in [6.07, 6.45) is 4.80. The molecule has 6 heteroatoms. The molecule has 136 valence electrons. The van der Waals surface area contributed by atoms with Gasteiger partial charge in [-0.3, -0.25) is 4.79 Å². The van der Waals surface area contributed by atoms with Gasteiger partial charge in [0, 0.05) is 23.0 Å². The van der Waals surface area contributed by atoms with Crippen LogP contribution in [0.1, 0.15) is 38.2 Å². The van der Waals surface area contributed by atoms with E-state index in [1.807, 2.05) is 12.1 Å². The number of halogens is 3. The van der Waals surface area contributed by atoms with Crippen molar-refractivity contribution in [2.75, 3.05) is 19.6 Å². The molecule has 2 atom stereocenters. The summed E-state index contributed by atoms with van der Waals surface area (Å²) in [5.74, 6) is 1.22. The molecule has 2 unspecified atom stereocenters. The highest BCUT2D eigenvalue weighted by atomic mass is 35.5. The second kappa shape index (κ2) is 11.2. The lowest BCUT2D eigenvalue weighted by Crippen LogP contribution is -2.35. The molecule has 1 aromatic carbocycles. The summed E-state index contributed by atoms with van der Waals surface area (Å²) in [6, 6.07) is 5.56. The monoisotopic (exact) mass is 392 g/mol. The van der Waals surface area contributed by atoms with Gasteiger partial charge in [-0.25, -0.2) is 0 Å². The van der Waals surface area contributed by atoms with Crippen molar-refractivity contribution < 1.29 is 4.79 Å². The van der Waals surface area contributed by atoms with Crippen molar-refractivity contribution in [1.29, 1.82) is 0 Å². The van der Waals surface area contributed by atoms with Crippen molar-refractivity contribution in [2.45, 2.75) is 39.0 Å². The first-order valence-corrected chi connectivity index (χ1v) is 9.23. The zero-order valence-electron chi connectivity index (χ0n) is 14.1. The molecule has 0 aromatic heterocycles. The standard InChI is InChI=1S/C18H26Cl2N2O.ClH/c1-13(15-5-2-8-21-12-15)10-18(23)22-9-3-4-14-6-7-16(19)11-17(14)20;/h6-7,11,13,15,21H,2-5,8-10,12H2,1H3,(H,22,23);1H. The molecular formula is C18H27Cl3N2O. The number of amides is 1. The van der Waals surface area contributed by atoms with E-state index in [1.54, 1.807) is 6.07 Å². The van der Waals surface area contributed by atoms with Crippen molar-refractivity contribution >= 4 is 41.5 Å². The van der Waals surface area contributed by atoms with Gasteiger partial charge >= 0.3 is 0 Å². The molecule has 2 rings (SSSR count). The number of aryl methyl sites for hydroxylation is 1. The molecule has 1 aliphatic rings. The lowest BCUT2D eigenvalue weighted by molar-refractivity contribution is -0.122. The van der Waals surface area contributed by atoms with E-state index in [4.69, 9.17) is 23.2 Å². The molecule has 24 heavy (non-hydrogen) atoms. The number of benzene rings is 1. The zero-order valence-corrected chi connectivity index (χ0v) is 16.4. The minimum absolute atomic E-state index is 0. The average Bonchev–Trinajstić information content (AvgIpc) is 2.54. The molecule has 0 spiro atoms.